The largest absolute Gasteiger partial charge is 0.466 e. The van der Waals surface area contributed by atoms with Crippen LogP contribution in [0, 0.1) is 11.8 Å². The van der Waals surface area contributed by atoms with Crippen LogP contribution in [0.3, 0.4) is 0 Å². The number of rotatable bonds is 8. The van der Waals surface area contributed by atoms with E-state index in [4.69, 9.17) is 4.74 Å². The number of nitrogens with one attached hydrogen (secondary N) is 2. The highest BCUT2D eigenvalue weighted by atomic mass is 16.5. The number of carbonyl (C=O) groups is 3. The average Bonchev–Trinajstić information content (AvgIpc) is 3.20. The highest BCUT2D eigenvalue weighted by molar-refractivity contribution is 5.78. The van der Waals surface area contributed by atoms with E-state index >= 15 is 0 Å². The Hall–Kier alpha value is -2.57. The fourth-order valence-electron chi connectivity index (χ4n) is 6.73. The Morgan fingerprint density at radius 3 is 2.76 bits per heavy atom. The second-order valence-electron chi connectivity index (χ2n) is 10.1. The second-order valence-corrected chi connectivity index (χ2v) is 10.1. The summed E-state index contributed by atoms with van der Waals surface area (Å²) < 4.78 is 4.95. The van der Waals surface area contributed by atoms with E-state index in [2.05, 4.69) is 39.8 Å². The van der Waals surface area contributed by atoms with E-state index in [1.807, 2.05) is 6.07 Å². The van der Waals surface area contributed by atoms with Gasteiger partial charge in [-0.05, 0) is 75.7 Å². The van der Waals surface area contributed by atoms with Gasteiger partial charge in [0.2, 0.25) is 5.91 Å². The van der Waals surface area contributed by atoms with E-state index in [9.17, 15) is 14.4 Å². The van der Waals surface area contributed by atoms with Crippen molar-refractivity contribution in [3.63, 3.8) is 0 Å². The summed E-state index contributed by atoms with van der Waals surface area (Å²) in [6.07, 6.45) is 8.41. The number of carbonyl (C=O) groups excluding carboxylic acids is 3. The Morgan fingerprint density at radius 2 is 1.97 bits per heavy atom. The zero-order valence-electron chi connectivity index (χ0n) is 20.4. The maximum absolute atomic E-state index is 12.9. The number of esters is 1. The molecule has 1 unspecified atom stereocenters. The second kappa shape index (κ2) is 11.2. The van der Waals surface area contributed by atoms with Crippen LogP contribution in [0.5, 0.6) is 0 Å². The van der Waals surface area contributed by atoms with Crippen LogP contribution in [0.15, 0.2) is 30.3 Å². The summed E-state index contributed by atoms with van der Waals surface area (Å²) in [7, 11) is 0. The summed E-state index contributed by atoms with van der Waals surface area (Å²) in [6.45, 7) is 3.49. The molecule has 7 heteroatoms. The molecule has 2 N–H and O–H groups in total. The number of urea groups is 1. The lowest BCUT2D eigenvalue weighted by molar-refractivity contribution is -0.143. The van der Waals surface area contributed by atoms with Gasteiger partial charge in [-0.1, -0.05) is 30.3 Å². The van der Waals surface area contributed by atoms with E-state index in [0.29, 0.717) is 44.2 Å². The van der Waals surface area contributed by atoms with Crippen LogP contribution in [-0.2, 0) is 20.7 Å². The number of ether oxygens (including phenoxy) is 1. The predicted molar refractivity (Wildman–Crippen MR) is 130 cm³/mol. The van der Waals surface area contributed by atoms with E-state index in [1.165, 1.54) is 5.56 Å². The first-order valence-electron chi connectivity index (χ1n) is 13.1. The molecule has 0 radical (unpaired) electrons. The highest BCUT2D eigenvalue weighted by Gasteiger charge is 2.56. The van der Waals surface area contributed by atoms with Crippen molar-refractivity contribution in [1.29, 1.82) is 0 Å². The Kier molecular flexibility index (Phi) is 8.11. The Labute approximate surface area is 203 Å². The summed E-state index contributed by atoms with van der Waals surface area (Å²) in [6, 6.07) is 10.4. The molecule has 1 spiro atoms. The Bertz CT molecular complexity index is 861. The van der Waals surface area contributed by atoms with Crippen molar-refractivity contribution in [2.24, 2.45) is 11.8 Å². The van der Waals surface area contributed by atoms with Gasteiger partial charge in [-0.2, -0.15) is 0 Å². The number of benzene rings is 1. The fourth-order valence-corrected chi connectivity index (χ4v) is 6.73. The third kappa shape index (κ3) is 5.39. The molecule has 3 aliphatic rings. The van der Waals surface area contributed by atoms with Gasteiger partial charge >= 0.3 is 12.0 Å². The van der Waals surface area contributed by atoms with Gasteiger partial charge in [0.15, 0.2) is 0 Å². The fraction of sp³-hybridized carbons (Fsp3) is 0.667. The van der Waals surface area contributed by atoms with E-state index in [-0.39, 0.29) is 29.5 Å². The van der Waals surface area contributed by atoms with Gasteiger partial charge in [0.05, 0.1) is 6.61 Å². The molecule has 0 bridgehead atoms. The zero-order valence-corrected chi connectivity index (χ0v) is 20.4. The third-order valence-electron chi connectivity index (χ3n) is 8.13. The van der Waals surface area contributed by atoms with E-state index < -0.39 is 0 Å². The molecule has 3 amide bonds. The van der Waals surface area contributed by atoms with Crippen LogP contribution in [0.2, 0.25) is 0 Å². The lowest BCUT2D eigenvalue weighted by atomic mass is 9.61. The first kappa shape index (κ1) is 24.6. The SMILES string of the molecule is CCOC(=O)CCCNC(=O)N[C@H]1CC[C@@]23CCCN2C(=O)CCC[C@H]3C1Cc1ccccc1. The molecule has 34 heavy (non-hydrogen) atoms. The average molecular weight is 470 g/mol. The molecule has 2 aliphatic heterocycles. The molecule has 1 saturated carbocycles. The topological polar surface area (TPSA) is 87.7 Å². The molecule has 3 fully saturated rings. The molecule has 1 aliphatic carbocycles. The summed E-state index contributed by atoms with van der Waals surface area (Å²) in [5.41, 5.74) is 1.24. The van der Waals surface area contributed by atoms with Crippen molar-refractivity contribution < 1.29 is 19.1 Å². The Morgan fingerprint density at radius 1 is 1.15 bits per heavy atom. The van der Waals surface area contributed by atoms with Gasteiger partial charge in [-0.25, -0.2) is 4.79 Å². The van der Waals surface area contributed by atoms with Gasteiger partial charge in [-0.3, -0.25) is 9.59 Å². The van der Waals surface area contributed by atoms with Gasteiger partial charge in [-0.15, -0.1) is 0 Å². The molecule has 0 aromatic heterocycles. The minimum Gasteiger partial charge on any atom is -0.466 e. The zero-order chi connectivity index (χ0) is 24.0. The van der Waals surface area contributed by atoms with Crippen molar-refractivity contribution in [2.45, 2.75) is 82.7 Å². The van der Waals surface area contributed by atoms with Crippen molar-refractivity contribution in [3.05, 3.63) is 35.9 Å². The maximum Gasteiger partial charge on any atom is 0.315 e. The molecular formula is C27H39N3O4. The summed E-state index contributed by atoms with van der Waals surface area (Å²) >= 11 is 0. The maximum atomic E-state index is 12.9. The first-order chi connectivity index (χ1) is 16.5. The quantitative estimate of drug-likeness (QED) is 0.448. The van der Waals surface area contributed by atoms with E-state index in [0.717, 1.165) is 51.5 Å². The minimum atomic E-state index is -0.228. The third-order valence-corrected chi connectivity index (χ3v) is 8.13. The number of hydrogen-bond donors (Lipinski definition) is 2. The highest BCUT2D eigenvalue weighted by Crippen LogP contribution is 2.52. The monoisotopic (exact) mass is 469 g/mol. The smallest absolute Gasteiger partial charge is 0.315 e. The van der Waals surface area contributed by atoms with Gasteiger partial charge in [0, 0.05) is 37.5 Å². The summed E-state index contributed by atoms with van der Waals surface area (Å²) in [5.74, 6) is 0.774. The van der Waals surface area contributed by atoms with Crippen LogP contribution in [0.4, 0.5) is 4.79 Å². The van der Waals surface area contributed by atoms with Crippen LogP contribution < -0.4 is 10.6 Å². The molecule has 7 nitrogen and oxygen atoms in total. The van der Waals surface area contributed by atoms with Crippen LogP contribution in [0.1, 0.15) is 70.3 Å². The molecule has 186 valence electrons. The van der Waals surface area contributed by atoms with Crippen LogP contribution in [-0.4, -0.2) is 54.1 Å². The molecule has 1 aromatic rings. The standard InChI is InChI=1S/C27H39N3O4/c1-2-34-25(32)13-7-17-28-26(33)29-23-14-16-27-15-8-18-30(27)24(31)12-6-11-22(27)21(23)19-20-9-4-3-5-10-20/h3-5,9-10,21-23H,2,6-8,11-19H2,1H3,(H2,28,29,33)/t21?,22-,23-,27+/m0/s1. The molecular weight excluding hydrogens is 430 g/mol. The van der Waals surface area contributed by atoms with Crippen LogP contribution in [0.25, 0.3) is 0 Å². The number of amides is 3. The Balaban J connectivity index is 1.45. The summed E-state index contributed by atoms with van der Waals surface area (Å²) in [5, 5.41) is 6.20. The van der Waals surface area contributed by atoms with Gasteiger partial charge < -0.3 is 20.3 Å². The number of nitrogens with zero attached hydrogens (tertiary/aromatic N) is 1. The normalized spacial score (nSPS) is 28.4. The van der Waals surface area contributed by atoms with Crippen molar-refractivity contribution in [1.82, 2.24) is 15.5 Å². The lowest BCUT2D eigenvalue weighted by Crippen LogP contribution is -2.61. The van der Waals surface area contributed by atoms with Gasteiger partial charge in [0.25, 0.3) is 0 Å². The minimum absolute atomic E-state index is 0.0404. The van der Waals surface area contributed by atoms with Gasteiger partial charge in [0.1, 0.15) is 0 Å². The van der Waals surface area contributed by atoms with Crippen molar-refractivity contribution in [2.75, 3.05) is 19.7 Å². The van der Waals surface area contributed by atoms with Crippen molar-refractivity contribution >= 4 is 17.9 Å². The molecule has 1 aromatic carbocycles. The van der Waals surface area contributed by atoms with E-state index in [1.54, 1.807) is 6.92 Å². The molecule has 2 saturated heterocycles. The summed E-state index contributed by atoms with van der Waals surface area (Å²) in [4.78, 5) is 39.4. The first-order valence-corrected chi connectivity index (χ1v) is 13.1. The molecule has 4 atom stereocenters. The van der Waals surface area contributed by atoms with Crippen LogP contribution >= 0.6 is 0 Å². The molecule has 4 rings (SSSR count). The number of hydrogen-bond acceptors (Lipinski definition) is 4. The predicted octanol–water partition coefficient (Wildman–Crippen LogP) is 3.81. The van der Waals surface area contributed by atoms with Crippen molar-refractivity contribution in [3.8, 4) is 0 Å². The molecule has 2 heterocycles. The lowest BCUT2D eigenvalue weighted by Gasteiger charge is -2.53.